The van der Waals surface area contributed by atoms with Crippen molar-refractivity contribution in [1.82, 2.24) is 14.7 Å². The molecule has 2 heterocycles. The summed E-state index contributed by atoms with van der Waals surface area (Å²) in [6, 6.07) is 8.10. The summed E-state index contributed by atoms with van der Waals surface area (Å²) in [5, 5.41) is 7.40. The number of methoxy groups -OCH3 is 1. The quantitative estimate of drug-likeness (QED) is 0.826. The first kappa shape index (κ1) is 18.5. The first-order valence-corrected chi connectivity index (χ1v) is 9.04. The van der Waals surface area contributed by atoms with Crippen molar-refractivity contribution in [3.8, 4) is 5.75 Å². The Morgan fingerprint density at radius 2 is 1.96 bits per heavy atom. The van der Waals surface area contributed by atoms with Crippen LogP contribution in [0.3, 0.4) is 0 Å². The number of hydrogen-bond acceptors (Lipinski definition) is 6. The van der Waals surface area contributed by atoms with Crippen molar-refractivity contribution in [3.05, 3.63) is 45.8 Å². The SMILES string of the molecule is COc1ccccc1N1CCN(CCNc2c(Cl)cnn(C)c2=O)CC1. The predicted octanol–water partition coefficient (Wildman–Crippen LogP) is 1.68. The summed E-state index contributed by atoms with van der Waals surface area (Å²) in [6.45, 7) is 5.31. The van der Waals surface area contributed by atoms with E-state index in [2.05, 4.69) is 26.3 Å². The fraction of sp³-hybridized carbons (Fsp3) is 0.444. The van der Waals surface area contributed by atoms with Crippen LogP contribution < -0.4 is 20.5 Å². The molecule has 1 N–H and O–H groups in total. The normalized spacial score (nSPS) is 15.1. The summed E-state index contributed by atoms with van der Waals surface area (Å²) < 4.78 is 6.73. The summed E-state index contributed by atoms with van der Waals surface area (Å²) in [5.41, 5.74) is 1.34. The van der Waals surface area contributed by atoms with Crippen molar-refractivity contribution in [3.63, 3.8) is 0 Å². The van der Waals surface area contributed by atoms with Gasteiger partial charge in [-0.05, 0) is 12.1 Å². The van der Waals surface area contributed by atoms with E-state index in [1.807, 2.05) is 18.2 Å². The molecular formula is C18H24ClN5O2. The van der Waals surface area contributed by atoms with Crippen LogP contribution in [-0.4, -0.2) is 61.1 Å². The summed E-state index contributed by atoms with van der Waals surface area (Å²) in [4.78, 5) is 16.8. The molecule has 1 aromatic carbocycles. The highest BCUT2D eigenvalue weighted by Gasteiger charge is 2.19. The second-order valence-electron chi connectivity index (χ2n) is 6.22. The van der Waals surface area contributed by atoms with Crippen molar-refractivity contribution in [2.24, 2.45) is 7.05 Å². The topological polar surface area (TPSA) is 62.6 Å². The number of benzene rings is 1. The van der Waals surface area contributed by atoms with Gasteiger partial charge in [-0.15, -0.1) is 0 Å². The number of nitrogens with zero attached hydrogens (tertiary/aromatic N) is 4. The maximum atomic E-state index is 12.1. The standard InChI is InChI=1S/C18H24ClN5O2/c1-22-18(25)17(14(19)13-21-22)20-7-8-23-9-11-24(12-10-23)15-5-3-4-6-16(15)26-2/h3-6,13,20H,7-12H2,1-2H3. The maximum Gasteiger partial charge on any atom is 0.291 e. The number of para-hydroxylation sites is 2. The highest BCUT2D eigenvalue weighted by atomic mass is 35.5. The average Bonchev–Trinajstić information content (AvgIpc) is 2.68. The molecule has 26 heavy (non-hydrogen) atoms. The van der Waals surface area contributed by atoms with E-state index in [0.717, 1.165) is 44.2 Å². The van der Waals surface area contributed by atoms with E-state index in [0.29, 0.717) is 17.3 Å². The van der Waals surface area contributed by atoms with Crippen molar-refractivity contribution in [2.45, 2.75) is 0 Å². The maximum absolute atomic E-state index is 12.1. The van der Waals surface area contributed by atoms with Gasteiger partial charge in [-0.3, -0.25) is 9.69 Å². The number of anilines is 2. The number of ether oxygens (including phenoxy) is 1. The Morgan fingerprint density at radius 1 is 1.23 bits per heavy atom. The van der Waals surface area contributed by atoms with Crippen molar-refractivity contribution in [2.75, 3.05) is 56.6 Å². The number of halogens is 1. The van der Waals surface area contributed by atoms with Crippen molar-refractivity contribution >= 4 is 23.0 Å². The molecule has 2 aromatic rings. The van der Waals surface area contributed by atoms with E-state index in [4.69, 9.17) is 16.3 Å². The first-order valence-electron chi connectivity index (χ1n) is 8.66. The van der Waals surface area contributed by atoms with Gasteiger partial charge in [0.25, 0.3) is 5.56 Å². The van der Waals surface area contributed by atoms with Crippen LogP contribution in [0.15, 0.2) is 35.3 Å². The van der Waals surface area contributed by atoms with Gasteiger partial charge in [-0.2, -0.15) is 5.10 Å². The van der Waals surface area contributed by atoms with Gasteiger partial charge in [-0.25, -0.2) is 4.68 Å². The molecule has 1 fully saturated rings. The molecule has 0 aliphatic carbocycles. The third-order valence-electron chi connectivity index (χ3n) is 4.62. The van der Waals surface area contributed by atoms with Crippen LogP contribution >= 0.6 is 11.6 Å². The molecule has 0 radical (unpaired) electrons. The molecule has 3 rings (SSSR count). The molecule has 0 amide bonds. The van der Waals surface area contributed by atoms with E-state index in [1.54, 1.807) is 14.2 Å². The Labute approximate surface area is 158 Å². The Hall–Kier alpha value is -2.25. The Morgan fingerprint density at radius 3 is 2.69 bits per heavy atom. The molecule has 140 valence electrons. The second kappa shape index (κ2) is 8.42. The van der Waals surface area contributed by atoms with Gasteiger partial charge in [0.15, 0.2) is 0 Å². The van der Waals surface area contributed by atoms with Gasteiger partial charge in [-0.1, -0.05) is 23.7 Å². The van der Waals surface area contributed by atoms with Gasteiger partial charge in [0.1, 0.15) is 11.4 Å². The van der Waals surface area contributed by atoms with Crippen LogP contribution in [0.5, 0.6) is 5.75 Å². The third-order valence-corrected chi connectivity index (χ3v) is 4.91. The molecule has 7 nitrogen and oxygen atoms in total. The summed E-state index contributed by atoms with van der Waals surface area (Å²) >= 11 is 6.07. The molecule has 0 saturated carbocycles. The van der Waals surface area contributed by atoms with Gasteiger partial charge < -0.3 is 15.0 Å². The molecule has 0 bridgehead atoms. The lowest BCUT2D eigenvalue weighted by Gasteiger charge is -2.36. The second-order valence-corrected chi connectivity index (χ2v) is 6.63. The van der Waals surface area contributed by atoms with E-state index in [9.17, 15) is 4.79 Å². The van der Waals surface area contributed by atoms with Crippen LogP contribution in [-0.2, 0) is 7.05 Å². The highest BCUT2D eigenvalue weighted by Crippen LogP contribution is 2.28. The van der Waals surface area contributed by atoms with Gasteiger partial charge in [0, 0.05) is 46.3 Å². The van der Waals surface area contributed by atoms with Crippen LogP contribution in [0.1, 0.15) is 0 Å². The lowest BCUT2D eigenvalue weighted by atomic mass is 10.2. The third kappa shape index (κ3) is 4.11. The van der Waals surface area contributed by atoms with Crippen LogP contribution in [0, 0.1) is 0 Å². The molecule has 0 atom stereocenters. The summed E-state index contributed by atoms with van der Waals surface area (Å²) in [6.07, 6.45) is 1.48. The number of hydrogen-bond donors (Lipinski definition) is 1. The van der Waals surface area contributed by atoms with Crippen LogP contribution in [0.4, 0.5) is 11.4 Å². The number of piperazine rings is 1. The van der Waals surface area contributed by atoms with E-state index < -0.39 is 0 Å². The Bertz CT molecular complexity index is 802. The molecule has 1 saturated heterocycles. The van der Waals surface area contributed by atoms with Crippen LogP contribution in [0.25, 0.3) is 0 Å². The number of nitrogens with one attached hydrogen (secondary N) is 1. The summed E-state index contributed by atoms with van der Waals surface area (Å²) in [5.74, 6) is 0.908. The van der Waals surface area contributed by atoms with Crippen LogP contribution in [0.2, 0.25) is 5.02 Å². The Balaban J connectivity index is 1.51. The molecule has 8 heteroatoms. The smallest absolute Gasteiger partial charge is 0.291 e. The molecular weight excluding hydrogens is 354 g/mol. The Kier molecular flexibility index (Phi) is 6.00. The van der Waals surface area contributed by atoms with Gasteiger partial charge in [0.2, 0.25) is 0 Å². The molecule has 0 unspecified atom stereocenters. The zero-order valence-electron chi connectivity index (χ0n) is 15.1. The first-order chi connectivity index (χ1) is 12.6. The van der Waals surface area contributed by atoms with Gasteiger partial charge >= 0.3 is 0 Å². The monoisotopic (exact) mass is 377 g/mol. The minimum Gasteiger partial charge on any atom is -0.495 e. The fourth-order valence-electron chi connectivity index (χ4n) is 3.12. The number of rotatable bonds is 6. The lowest BCUT2D eigenvalue weighted by molar-refractivity contribution is 0.266. The highest BCUT2D eigenvalue weighted by molar-refractivity contribution is 6.32. The lowest BCUT2D eigenvalue weighted by Crippen LogP contribution is -2.47. The predicted molar refractivity (Wildman–Crippen MR) is 105 cm³/mol. The molecule has 1 aliphatic rings. The molecule has 0 spiro atoms. The fourth-order valence-corrected chi connectivity index (χ4v) is 3.31. The van der Waals surface area contributed by atoms with E-state index >= 15 is 0 Å². The largest absolute Gasteiger partial charge is 0.495 e. The minimum atomic E-state index is -0.210. The van der Waals surface area contributed by atoms with E-state index in [1.165, 1.54) is 10.9 Å². The summed E-state index contributed by atoms with van der Waals surface area (Å²) in [7, 11) is 3.32. The van der Waals surface area contributed by atoms with Gasteiger partial charge in [0.05, 0.1) is 24.0 Å². The number of aryl methyl sites for hydroxylation is 1. The zero-order chi connectivity index (χ0) is 18.5. The van der Waals surface area contributed by atoms with Crippen molar-refractivity contribution < 1.29 is 4.74 Å². The zero-order valence-corrected chi connectivity index (χ0v) is 15.9. The number of aromatic nitrogens is 2. The molecule has 1 aliphatic heterocycles. The van der Waals surface area contributed by atoms with E-state index in [-0.39, 0.29) is 5.56 Å². The van der Waals surface area contributed by atoms with Crippen molar-refractivity contribution in [1.29, 1.82) is 0 Å². The average molecular weight is 378 g/mol. The minimum absolute atomic E-state index is 0.210. The molecule has 1 aromatic heterocycles.